The number of ether oxygens (including phenoxy) is 3. The van der Waals surface area contributed by atoms with Gasteiger partial charge in [-0.15, -0.1) is 0 Å². The van der Waals surface area contributed by atoms with Gasteiger partial charge in [0.15, 0.2) is 18.3 Å². The highest BCUT2D eigenvalue weighted by Gasteiger charge is 2.56. The van der Waals surface area contributed by atoms with Crippen LogP contribution in [0.4, 0.5) is 22.0 Å². The minimum absolute atomic E-state index is 0.0192. The van der Waals surface area contributed by atoms with Crippen LogP contribution in [0.3, 0.4) is 0 Å². The fourth-order valence-electron chi connectivity index (χ4n) is 6.83. The quantitative estimate of drug-likeness (QED) is 0.323. The molecular weight excluding hydrogens is 575 g/mol. The molecule has 2 atom stereocenters. The lowest BCUT2D eigenvalue weighted by Gasteiger charge is -2.46. The molecule has 3 fully saturated rings. The Kier molecular flexibility index (Phi) is 7.87. The number of hydrogen-bond acceptors (Lipinski definition) is 6. The SMILES string of the molecule is COC(=O)c1cc(C2CCN(C3CC[C@@](C(=O)N4COc5c(F)cc(C(F)(F)F)cc5C4)(C4CC4)OC3)CC2)ccc1F. The normalized spacial score (nSPS) is 25.2. The summed E-state index contributed by atoms with van der Waals surface area (Å²) < 4.78 is 84.9. The molecule has 1 saturated carbocycles. The predicted molar refractivity (Wildman–Crippen MR) is 143 cm³/mol. The van der Waals surface area contributed by atoms with Crippen LogP contribution in [0.2, 0.25) is 0 Å². The maximum Gasteiger partial charge on any atom is 0.416 e. The summed E-state index contributed by atoms with van der Waals surface area (Å²) >= 11 is 0. The van der Waals surface area contributed by atoms with Gasteiger partial charge in [0.2, 0.25) is 0 Å². The first-order valence-electron chi connectivity index (χ1n) is 14.6. The maximum absolute atomic E-state index is 14.4. The lowest BCUT2D eigenvalue weighted by atomic mass is 9.84. The van der Waals surface area contributed by atoms with Crippen molar-refractivity contribution in [3.8, 4) is 5.75 Å². The van der Waals surface area contributed by atoms with E-state index in [9.17, 15) is 31.5 Å². The summed E-state index contributed by atoms with van der Waals surface area (Å²) in [7, 11) is 1.22. The zero-order valence-electron chi connectivity index (χ0n) is 23.7. The Morgan fingerprint density at radius 3 is 2.37 bits per heavy atom. The van der Waals surface area contributed by atoms with Crippen molar-refractivity contribution in [3.05, 3.63) is 64.2 Å². The Hall–Kier alpha value is -3.25. The molecule has 2 aromatic carbocycles. The van der Waals surface area contributed by atoms with Gasteiger partial charge in [0.05, 0.1) is 31.4 Å². The molecule has 3 heterocycles. The molecule has 2 saturated heterocycles. The van der Waals surface area contributed by atoms with E-state index in [0.29, 0.717) is 25.5 Å². The van der Waals surface area contributed by atoms with Crippen LogP contribution in [0.5, 0.6) is 5.75 Å². The Balaban J connectivity index is 1.09. The van der Waals surface area contributed by atoms with E-state index in [2.05, 4.69) is 4.90 Å². The molecule has 43 heavy (non-hydrogen) atoms. The van der Waals surface area contributed by atoms with E-state index in [0.717, 1.165) is 50.4 Å². The van der Waals surface area contributed by atoms with E-state index in [4.69, 9.17) is 14.2 Å². The van der Waals surface area contributed by atoms with Gasteiger partial charge in [0, 0.05) is 11.6 Å². The smallest absolute Gasteiger partial charge is 0.416 e. The predicted octanol–water partition coefficient (Wildman–Crippen LogP) is 5.66. The first-order valence-corrected chi connectivity index (χ1v) is 14.6. The maximum atomic E-state index is 14.4. The number of hydrogen-bond donors (Lipinski definition) is 0. The molecular formula is C31H33F5N2O5. The Labute approximate surface area is 245 Å². The van der Waals surface area contributed by atoms with E-state index in [1.807, 2.05) is 0 Å². The van der Waals surface area contributed by atoms with Crippen molar-refractivity contribution in [2.75, 3.05) is 33.5 Å². The third kappa shape index (κ3) is 5.71. The van der Waals surface area contributed by atoms with Gasteiger partial charge in [-0.25, -0.2) is 13.6 Å². The van der Waals surface area contributed by atoms with E-state index >= 15 is 0 Å². The van der Waals surface area contributed by atoms with E-state index in [1.165, 1.54) is 18.1 Å². The second kappa shape index (κ2) is 11.4. The summed E-state index contributed by atoms with van der Waals surface area (Å²) in [4.78, 5) is 29.5. The number of halogens is 5. The topological polar surface area (TPSA) is 68.3 Å². The van der Waals surface area contributed by atoms with Gasteiger partial charge in [-0.1, -0.05) is 6.07 Å². The molecule has 0 bridgehead atoms. The summed E-state index contributed by atoms with van der Waals surface area (Å²) in [5, 5.41) is 0. The molecule has 7 nitrogen and oxygen atoms in total. The molecule has 4 aliphatic rings. The van der Waals surface area contributed by atoms with Crippen molar-refractivity contribution in [2.24, 2.45) is 5.92 Å². The van der Waals surface area contributed by atoms with Crippen LogP contribution in [-0.4, -0.2) is 66.9 Å². The number of piperidine rings is 1. The number of carbonyl (C=O) groups excluding carboxylic acids is 2. The summed E-state index contributed by atoms with van der Waals surface area (Å²) in [5.41, 5.74) is -1.39. The number of fused-ring (bicyclic) bond motifs is 1. The number of methoxy groups -OCH3 is 1. The van der Waals surface area contributed by atoms with Crippen molar-refractivity contribution in [3.63, 3.8) is 0 Å². The van der Waals surface area contributed by atoms with Gasteiger partial charge in [0.25, 0.3) is 5.91 Å². The first kappa shape index (κ1) is 29.8. The van der Waals surface area contributed by atoms with Crippen LogP contribution in [0.1, 0.15) is 71.5 Å². The van der Waals surface area contributed by atoms with Gasteiger partial charge in [-0.05, 0) is 93.3 Å². The molecule has 0 radical (unpaired) electrons. The summed E-state index contributed by atoms with van der Waals surface area (Å²) in [5.74, 6) is -2.81. The highest BCUT2D eigenvalue weighted by Crippen LogP contribution is 2.49. The zero-order valence-corrected chi connectivity index (χ0v) is 23.7. The van der Waals surface area contributed by atoms with Crippen LogP contribution < -0.4 is 4.74 Å². The van der Waals surface area contributed by atoms with Gasteiger partial charge in [-0.3, -0.25) is 9.69 Å². The van der Waals surface area contributed by atoms with E-state index in [-0.39, 0.29) is 53.9 Å². The van der Waals surface area contributed by atoms with Crippen LogP contribution in [-0.2, 0) is 27.0 Å². The third-order valence-electron chi connectivity index (χ3n) is 9.36. The average Bonchev–Trinajstić information content (AvgIpc) is 3.86. The lowest BCUT2D eigenvalue weighted by molar-refractivity contribution is -0.180. The minimum Gasteiger partial charge on any atom is -0.470 e. The summed E-state index contributed by atoms with van der Waals surface area (Å²) in [6.45, 7) is 1.44. The monoisotopic (exact) mass is 608 g/mol. The van der Waals surface area contributed by atoms with Crippen LogP contribution in [0.25, 0.3) is 0 Å². The third-order valence-corrected chi connectivity index (χ3v) is 9.36. The zero-order chi connectivity index (χ0) is 30.5. The standard InChI is InChI=1S/C31H33F5N2O5/c1-41-28(39)24-13-19(2-5-25(24)32)18-7-10-37(11-8-18)23-6-9-30(43-16-23,21-3-4-21)29(40)38-15-20-12-22(31(34,35)36)14-26(33)27(20)42-17-38/h2,5,12-14,18,21,23H,3-4,6-11,15-17H2,1H3/t23?,30-/m0/s1. The minimum atomic E-state index is -4.72. The average molecular weight is 609 g/mol. The van der Waals surface area contributed by atoms with Crippen molar-refractivity contribution < 1.29 is 45.8 Å². The Bertz CT molecular complexity index is 1400. The van der Waals surface area contributed by atoms with Crippen molar-refractivity contribution in [1.29, 1.82) is 0 Å². The van der Waals surface area contributed by atoms with Crippen LogP contribution >= 0.6 is 0 Å². The fourth-order valence-corrected chi connectivity index (χ4v) is 6.83. The van der Waals surface area contributed by atoms with Crippen molar-refractivity contribution >= 4 is 11.9 Å². The number of esters is 1. The van der Waals surface area contributed by atoms with Gasteiger partial charge in [0.1, 0.15) is 11.4 Å². The highest BCUT2D eigenvalue weighted by atomic mass is 19.4. The van der Waals surface area contributed by atoms with Crippen LogP contribution in [0.15, 0.2) is 30.3 Å². The number of carbonyl (C=O) groups is 2. The molecule has 232 valence electrons. The van der Waals surface area contributed by atoms with Gasteiger partial charge in [-0.2, -0.15) is 13.2 Å². The molecule has 6 rings (SSSR count). The molecule has 0 spiro atoms. The van der Waals surface area contributed by atoms with Crippen molar-refractivity contribution in [2.45, 2.75) is 68.8 Å². The Morgan fingerprint density at radius 2 is 1.74 bits per heavy atom. The highest BCUT2D eigenvalue weighted by molar-refractivity contribution is 5.90. The molecule has 12 heteroatoms. The second-order valence-electron chi connectivity index (χ2n) is 11.9. The largest absolute Gasteiger partial charge is 0.470 e. The first-order chi connectivity index (χ1) is 20.5. The number of nitrogens with zero attached hydrogens (tertiary/aromatic N) is 2. The molecule has 1 unspecified atom stereocenters. The molecule has 0 N–H and O–H groups in total. The van der Waals surface area contributed by atoms with E-state index in [1.54, 1.807) is 12.1 Å². The molecule has 0 aromatic heterocycles. The molecule has 1 aliphatic carbocycles. The number of benzene rings is 2. The number of alkyl halides is 3. The summed E-state index contributed by atoms with van der Waals surface area (Å²) in [6, 6.07) is 5.93. The lowest BCUT2D eigenvalue weighted by Crippen LogP contribution is -2.59. The van der Waals surface area contributed by atoms with Gasteiger partial charge < -0.3 is 19.1 Å². The van der Waals surface area contributed by atoms with Crippen molar-refractivity contribution in [1.82, 2.24) is 9.80 Å². The van der Waals surface area contributed by atoms with Gasteiger partial charge >= 0.3 is 12.1 Å². The Morgan fingerprint density at radius 1 is 1.00 bits per heavy atom. The second-order valence-corrected chi connectivity index (χ2v) is 11.9. The fraction of sp³-hybridized carbons (Fsp3) is 0.548. The number of likely N-dealkylation sites (tertiary alicyclic amines) is 1. The summed E-state index contributed by atoms with van der Waals surface area (Å²) in [6.07, 6.45) is -0.252. The van der Waals surface area contributed by atoms with E-state index < -0.39 is 34.9 Å². The van der Waals surface area contributed by atoms with Crippen LogP contribution in [0, 0.1) is 17.6 Å². The molecule has 2 aromatic rings. The molecule has 1 amide bonds. The number of rotatable bonds is 5. The number of amides is 1. The molecule has 3 aliphatic heterocycles.